The molecule has 3 rings (SSSR count). The number of nitrogens with two attached hydrogens (primary N) is 1. The van der Waals surface area contributed by atoms with E-state index in [-0.39, 0.29) is 5.63 Å². The third kappa shape index (κ3) is 5.75. The highest BCUT2D eigenvalue weighted by atomic mass is 16.4. The molecule has 3 heteroatoms. The number of anilines is 1. The van der Waals surface area contributed by atoms with E-state index >= 15 is 0 Å². The van der Waals surface area contributed by atoms with Gasteiger partial charge in [0.1, 0.15) is 5.58 Å². The molecule has 160 valence electrons. The third-order valence-corrected chi connectivity index (χ3v) is 6.10. The van der Waals surface area contributed by atoms with E-state index in [4.69, 9.17) is 10.2 Å². The lowest BCUT2D eigenvalue weighted by molar-refractivity contribution is 0.525. The Hall–Kier alpha value is -2.55. The van der Waals surface area contributed by atoms with Crippen molar-refractivity contribution in [1.29, 1.82) is 0 Å². The monoisotopic (exact) mass is 405 g/mol. The quantitative estimate of drug-likeness (QED) is 0.202. The summed E-state index contributed by atoms with van der Waals surface area (Å²) in [7, 11) is 0. The van der Waals surface area contributed by atoms with Crippen molar-refractivity contribution in [2.75, 3.05) is 5.73 Å². The highest BCUT2D eigenvalue weighted by Crippen LogP contribution is 2.29. The Morgan fingerprint density at radius 1 is 0.867 bits per heavy atom. The van der Waals surface area contributed by atoms with Crippen molar-refractivity contribution < 1.29 is 4.42 Å². The first-order valence-electron chi connectivity index (χ1n) is 11.6. The van der Waals surface area contributed by atoms with Crippen LogP contribution in [0.2, 0.25) is 0 Å². The van der Waals surface area contributed by atoms with Crippen molar-refractivity contribution in [1.82, 2.24) is 0 Å². The molecule has 0 aliphatic rings. The van der Waals surface area contributed by atoms with Crippen LogP contribution in [0.1, 0.15) is 83.1 Å². The fourth-order valence-electron chi connectivity index (χ4n) is 4.22. The van der Waals surface area contributed by atoms with Crippen molar-refractivity contribution in [3.05, 3.63) is 64.5 Å². The summed E-state index contributed by atoms with van der Waals surface area (Å²) in [6, 6.07) is 15.8. The van der Waals surface area contributed by atoms with Crippen LogP contribution in [-0.2, 0) is 0 Å². The summed E-state index contributed by atoms with van der Waals surface area (Å²) in [5.41, 5.74) is 9.45. The normalized spacial score (nSPS) is 12.3. The molecule has 30 heavy (non-hydrogen) atoms. The first-order valence-corrected chi connectivity index (χ1v) is 11.6. The SMILES string of the molecule is CCCCCCCCCC(CC)c1ccc(-c2cc3ccc(N)cc3oc2=O)cc1. The Morgan fingerprint density at radius 3 is 2.27 bits per heavy atom. The molecule has 2 N–H and O–H groups in total. The number of rotatable bonds is 11. The molecule has 0 amide bonds. The van der Waals surface area contributed by atoms with Gasteiger partial charge >= 0.3 is 5.63 Å². The van der Waals surface area contributed by atoms with E-state index in [1.165, 1.54) is 56.9 Å². The highest BCUT2D eigenvalue weighted by Gasteiger charge is 2.12. The largest absolute Gasteiger partial charge is 0.422 e. The Labute approximate surface area is 180 Å². The standard InChI is InChI=1S/C27H35NO2/c1-3-5-6-7-8-9-10-11-20(4-2)21-12-14-22(15-13-21)25-18-23-16-17-24(28)19-26(23)30-27(25)29/h12-20H,3-11,28H2,1-2H3. The molecule has 3 aromatic rings. The highest BCUT2D eigenvalue weighted by molar-refractivity contribution is 5.83. The maximum absolute atomic E-state index is 12.5. The molecule has 0 aliphatic carbocycles. The molecule has 0 radical (unpaired) electrons. The number of hydrogen-bond donors (Lipinski definition) is 1. The number of nitrogen functional groups attached to an aromatic ring is 1. The lowest BCUT2D eigenvalue weighted by Gasteiger charge is -2.16. The van der Waals surface area contributed by atoms with Crippen molar-refractivity contribution >= 4 is 16.7 Å². The van der Waals surface area contributed by atoms with Gasteiger partial charge in [-0.25, -0.2) is 4.79 Å². The Balaban J connectivity index is 1.65. The molecule has 0 aliphatic heterocycles. The van der Waals surface area contributed by atoms with Crippen molar-refractivity contribution in [2.45, 2.75) is 77.6 Å². The van der Waals surface area contributed by atoms with Crippen LogP contribution in [0.25, 0.3) is 22.1 Å². The molecular formula is C27H35NO2. The van der Waals surface area contributed by atoms with Crippen LogP contribution in [0.15, 0.2) is 57.7 Å². The van der Waals surface area contributed by atoms with Gasteiger partial charge in [-0.3, -0.25) is 0 Å². The molecule has 2 aromatic carbocycles. The van der Waals surface area contributed by atoms with Gasteiger partial charge in [-0.05, 0) is 48.1 Å². The molecule has 3 nitrogen and oxygen atoms in total. The van der Waals surface area contributed by atoms with Gasteiger partial charge in [-0.2, -0.15) is 0 Å². The Kier molecular flexibility index (Phi) is 8.12. The molecule has 0 fully saturated rings. The van der Waals surface area contributed by atoms with Gasteiger partial charge in [0.25, 0.3) is 0 Å². The topological polar surface area (TPSA) is 56.2 Å². The molecule has 1 unspecified atom stereocenters. The second-order valence-corrected chi connectivity index (χ2v) is 8.38. The van der Waals surface area contributed by atoms with Crippen molar-refractivity contribution in [2.24, 2.45) is 0 Å². The van der Waals surface area contributed by atoms with Crippen LogP contribution < -0.4 is 11.4 Å². The van der Waals surface area contributed by atoms with Gasteiger partial charge in [0.05, 0.1) is 5.56 Å². The van der Waals surface area contributed by atoms with E-state index in [1.807, 2.05) is 18.2 Å². The summed E-state index contributed by atoms with van der Waals surface area (Å²) in [5.74, 6) is 0.589. The van der Waals surface area contributed by atoms with E-state index in [0.29, 0.717) is 22.8 Å². The summed E-state index contributed by atoms with van der Waals surface area (Å²) < 4.78 is 5.49. The zero-order valence-electron chi connectivity index (χ0n) is 18.5. The third-order valence-electron chi connectivity index (χ3n) is 6.10. The van der Waals surface area contributed by atoms with Crippen molar-refractivity contribution in [3.63, 3.8) is 0 Å². The first kappa shape index (κ1) is 22.1. The van der Waals surface area contributed by atoms with Gasteiger partial charge in [-0.1, -0.05) is 83.1 Å². The van der Waals surface area contributed by atoms with E-state index < -0.39 is 0 Å². The first-order chi connectivity index (χ1) is 14.6. The van der Waals surface area contributed by atoms with E-state index in [9.17, 15) is 4.79 Å². The zero-order valence-corrected chi connectivity index (χ0v) is 18.5. The number of hydrogen-bond acceptors (Lipinski definition) is 3. The molecule has 0 spiro atoms. The predicted molar refractivity (Wildman–Crippen MR) is 128 cm³/mol. The maximum Gasteiger partial charge on any atom is 0.344 e. The van der Waals surface area contributed by atoms with Gasteiger partial charge in [0.15, 0.2) is 0 Å². The van der Waals surface area contributed by atoms with Crippen LogP contribution in [0, 0.1) is 0 Å². The van der Waals surface area contributed by atoms with Crippen LogP contribution in [0.4, 0.5) is 5.69 Å². The smallest absolute Gasteiger partial charge is 0.344 e. The molecule has 0 bridgehead atoms. The minimum atomic E-state index is -0.323. The van der Waals surface area contributed by atoms with Gasteiger partial charge < -0.3 is 10.2 Å². The molecule has 1 heterocycles. The summed E-state index contributed by atoms with van der Waals surface area (Å²) >= 11 is 0. The van der Waals surface area contributed by atoms with E-state index in [2.05, 4.69) is 38.1 Å². The Bertz CT molecular complexity index is 988. The van der Waals surface area contributed by atoms with Crippen LogP contribution in [0.3, 0.4) is 0 Å². The molecule has 1 aromatic heterocycles. The lowest BCUT2D eigenvalue weighted by atomic mass is 9.89. The summed E-state index contributed by atoms with van der Waals surface area (Å²) in [6.07, 6.45) is 11.8. The van der Waals surface area contributed by atoms with E-state index in [1.54, 1.807) is 6.07 Å². The van der Waals surface area contributed by atoms with Gasteiger partial charge in [0, 0.05) is 17.1 Å². The zero-order chi connectivity index (χ0) is 21.3. The minimum absolute atomic E-state index is 0.323. The van der Waals surface area contributed by atoms with Crippen LogP contribution in [0.5, 0.6) is 0 Å². The summed E-state index contributed by atoms with van der Waals surface area (Å²) in [4.78, 5) is 12.5. The predicted octanol–water partition coefficient (Wildman–Crippen LogP) is 7.68. The van der Waals surface area contributed by atoms with Gasteiger partial charge in [0.2, 0.25) is 0 Å². The van der Waals surface area contributed by atoms with Crippen molar-refractivity contribution in [3.8, 4) is 11.1 Å². The average molecular weight is 406 g/mol. The fourth-order valence-corrected chi connectivity index (χ4v) is 4.22. The summed E-state index contributed by atoms with van der Waals surface area (Å²) in [6.45, 7) is 4.53. The maximum atomic E-state index is 12.5. The van der Waals surface area contributed by atoms with E-state index in [0.717, 1.165) is 17.4 Å². The minimum Gasteiger partial charge on any atom is -0.422 e. The molecular weight excluding hydrogens is 370 g/mol. The van der Waals surface area contributed by atoms with Gasteiger partial charge in [-0.15, -0.1) is 0 Å². The lowest BCUT2D eigenvalue weighted by Crippen LogP contribution is -2.03. The number of fused-ring (bicyclic) bond motifs is 1. The number of benzene rings is 2. The molecule has 0 saturated heterocycles. The molecule has 1 atom stereocenters. The fraction of sp³-hybridized carbons (Fsp3) is 0.444. The van der Waals surface area contributed by atoms with Crippen LogP contribution >= 0.6 is 0 Å². The van der Waals surface area contributed by atoms with Crippen LogP contribution in [-0.4, -0.2) is 0 Å². The second-order valence-electron chi connectivity index (χ2n) is 8.38. The average Bonchev–Trinajstić information content (AvgIpc) is 2.75. The summed E-state index contributed by atoms with van der Waals surface area (Å²) in [5, 5.41) is 0.883. The Morgan fingerprint density at radius 2 is 1.57 bits per heavy atom. The molecule has 0 saturated carbocycles. The number of unbranched alkanes of at least 4 members (excludes halogenated alkanes) is 6. The second kappa shape index (κ2) is 11.0.